The van der Waals surface area contributed by atoms with Crippen LogP contribution in [0.3, 0.4) is 0 Å². The van der Waals surface area contributed by atoms with Crippen molar-refractivity contribution in [3.8, 4) is 0 Å². The highest BCUT2D eigenvalue weighted by molar-refractivity contribution is 7.88. The second kappa shape index (κ2) is 6.94. The maximum absolute atomic E-state index is 12.6. The van der Waals surface area contributed by atoms with Gasteiger partial charge in [0.1, 0.15) is 6.04 Å². The summed E-state index contributed by atoms with van der Waals surface area (Å²) < 4.78 is 33.2. The number of aryl methyl sites for hydroxylation is 1. The number of benzene rings is 2. The number of hydrogen-bond donors (Lipinski definition) is 1. The second-order valence-electron chi connectivity index (χ2n) is 5.37. The average Bonchev–Trinajstić information content (AvgIpc) is 3.00. The van der Waals surface area contributed by atoms with E-state index < -0.39 is 16.1 Å². The van der Waals surface area contributed by atoms with Crippen LogP contribution in [0.2, 0.25) is 0 Å². The quantitative estimate of drug-likeness (QED) is 0.743. The van der Waals surface area contributed by atoms with E-state index in [2.05, 4.69) is 14.9 Å². The first-order valence-electron chi connectivity index (χ1n) is 7.42. The molecule has 0 bridgehead atoms. The maximum Gasteiger partial charge on any atom is 0.238 e. The fourth-order valence-electron chi connectivity index (χ4n) is 2.35. The predicted molar refractivity (Wildman–Crippen MR) is 89.5 cm³/mol. The molecular weight excluding hydrogens is 326 g/mol. The van der Waals surface area contributed by atoms with E-state index in [9.17, 15) is 8.42 Å². The van der Waals surface area contributed by atoms with Crippen LogP contribution in [0, 0.1) is 6.92 Å². The van der Waals surface area contributed by atoms with Crippen molar-refractivity contribution in [1.82, 2.24) is 14.9 Å². The highest BCUT2D eigenvalue weighted by Crippen LogP contribution is 2.22. The van der Waals surface area contributed by atoms with Gasteiger partial charge in [-0.3, -0.25) is 0 Å². The summed E-state index contributed by atoms with van der Waals surface area (Å²) in [6.07, 6.45) is 0. The van der Waals surface area contributed by atoms with E-state index in [0.29, 0.717) is 11.5 Å². The molecule has 124 valence electrons. The lowest BCUT2D eigenvalue weighted by atomic mass is 10.1. The normalized spacial score (nSPS) is 12.9. The third-order valence-electron chi connectivity index (χ3n) is 3.42. The molecule has 2 aromatic carbocycles. The van der Waals surface area contributed by atoms with Crippen molar-refractivity contribution in [3.05, 3.63) is 83.6 Å². The van der Waals surface area contributed by atoms with Gasteiger partial charge in [0, 0.05) is 6.92 Å². The third kappa shape index (κ3) is 4.06. The van der Waals surface area contributed by atoms with Gasteiger partial charge in [-0.25, -0.2) is 8.42 Å². The van der Waals surface area contributed by atoms with E-state index in [1.165, 1.54) is 0 Å². The number of nitrogens with one attached hydrogen (secondary N) is 1. The van der Waals surface area contributed by atoms with Gasteiger partial charge >= 0.3 is 0 Å². The first-order chi connectivity index (χ1) is 11.5. The third-order valence-corrected chi connectivity index (χ3v) is 4.73. The first-order valence-corrected chi connectivity index (χ1v) is 9.07. The fourth-order valence-corrected chi connectivity index (χ4v) is 3.66. The van der Waals surface area contributed by atoms with Crippen LogP contribution in [-0.4, -0.2) is 18.6 Å². The van der Waals surface area contributed by atoms with E-state index in [0.717, 1.165) is 5.56 Å². The summed E-state index contributed by atoms with van der Waals surface area (Å²) >= 11 is 0. The maximum atomic E-state index is 12.6. The van der Waals surface area contributed by atoms with Crippen molar-refractivity contribution >= 4 is 10.0 Å². The van der Waals surface area contributed by atoms with E-state index in [-0.39, 0.29) is 11.6 Å². The number of aromatic nitrogens is 2. The van der Waals surface area contributed by atoms with Crippen LogP contribution >= 0.6 is 0 Å². The second-order valence-corrected chi connectivity index (χ2v) is 7.12. The van der Waals surface area contributed by atoms with Crippen LogP contribution in [0.25, 0.3) is 0 Å². The molecule has 0 radical (unpaired) electrons. The average molecular weight is 343 g/mol. The molecule has 0 spiro atoms. The fraction of sp³-hybridized carbons (Fsp3) is 0.176. The van der Waals surface area contributed by atoms with Crippen molar-refractivity contribution in [2.45, 2.75) is 18.7 Å². The van der Waals surface area contributed by atoms with Crippen molar-refractivity contribution in [2.24, 2.45) is 0 Å². The zero-order chi connectivity index (χ0) is 17.0. The molecule has 0 saturated carbocycles. The molecule has 0 aliphatic heterocycles. The van der Waals surface area contributed by atoms with E-state index in [4.69, 9.17) is 4.42 Å². The van der Waals surface area contributed by atoms with Crippen LogP contribution < -0.4 is 4.72 Å². The zero-order valence-corrected chi connectivity index (χ0v) is 13.9. The van der Waals surface area contributed by atoms with Gasteiger partial charge in [-0.1, -0.05) is 60.7 Å². The summed E-state index contributed by atoms with van der Waals surface area (Å²) in [5.74, 6) is 0.480. The molecule has 1 aromatic heterocycles. The Kier molecular flexibility index (Phi) is 4.73. The molecule has 0 saturated heterocycles. The Hall–Kier alpha value is -2.51. The van der Waals surface area contributed by atoms with E-state index >= 15 is 0 Å². The zero-order valence-electron chi connectivity index (χ0n) is 13.1. The molecule has 0 aliphatic rings. The van der Waals surface area contributed by atoms with Crippen molar-refractivity contribution in [3.63, 3.8) is 0 Å². The van der Waals surface area contributed by atoms with Gasteiger partial charge in [-0.15, -0.1) is 10.2 Å². The van der Waals surface area contributed by atoms with Gasteiger partial charge in [0.05, 0.1) is 5.75 Å². The van der Waals surface area contributed by atoms with Crippen LogP contribution in [0.1, 0.15) is 29.0 Å². The minimum Gasteiger partial charge on any atom is -0.423 e. The summed E-state index contributed by atoms with van der Waals surface area (Å²) in [4.78, 5) is 0. The molecule has 0 fully saturated rings. The Morgan fingerprint density at radius 2 is 1.62 bits per heavy atom. The molecule has 3 aromatic rings. The highest BCUT2D eigenvalue weighted by Gasteiger charge is 2.25. The molecule has 7 heteroatoms. The molecule has 6 nitrogen and oxygen atoms in total. The smallest absolute Gasteiger partial charge is 0.238 e. The lowest BCUT2D eigenvalue weighted by Crippen LogP contribution is -2.30. The molecule has 0 amide bonds. The van der Waals surface area contributed by atoms with Crippen LogP contribution in [0.5, 0.6) is 0 Å². The minimum absolute atomic E-state index is 0.121. The number of hydrogen-bond acceptors (Lipinski definition) is 5. The molecule has 1 N–H and O–H groups in total. The van der Waals surface area contributed by atoms with Gasteiger partial charge in [-0.2, -0.15) is 4.72 Å². The Labute approximate surface area is 140 Å². The van der Waals surface area contributed by atoms with Gasteiger partial charge in [0.15, 0.2) is 0 Å². The summed E-state index contributed by atoms with van der Waals surface area (Å²) in [5, 5.41) is 7.77. The van der Waals surface area contributed by atoms with E-state index in [1.807, 2.05) is 36.4 Å². The topological polar surface area (TPSA) is 85.1 Å². The number of nitrogens with zero attached hydrogens (tertiary/aromatic N) is 2. The Morgan fingerprint density at radius 1 is 1.00 bits per heavy atom. The van der Waals surface area contributed by atoms with Crippen molar-refractivity contribution in [2.75, 3.05) is 0 Å². The number of sulfonamides is 1. The predicted octanol–water partition coefficient (Wildman–Crippen LogP) is 2.59. The first kappa shape index (κ1) is 16.4. The lowest BCUT2D eigenvalue weighted by Gasteiger charge is -2.16. The van der Waals surface area contributed by atoms with Gasteiger partial charge in [-0.05, 0) is 11.1 Å². The van der Waals surface area contributed by atoms with Gasteiger partial charge in [0.25, 0.3) is 0 Å². The van der Waals surface area contributed by atoms with Gasteiger partial charge in [0.2, 0.25) is 21.8 Å². The van der Waals surface area contributed by atoms with Crippen molar-refractivity contribution in [1.29, 1.82) is 0 Å². The molecular formula is C17H17N3O3S. The summed E-state index contributed by atoms with van der Waals surface area (Å²) in [6.45, 7) is 1.66. The Morgan fingerprint density at radius 3 is 2.21 bits per heavy atom. The lowest BCUT2D eigenvalue weighted by molar-refractivity contribution is 0.436. The van der Waals surface area contributed by atoms with Crippen LogP contribution in [-0.2, 0) is 15.8 Å². The van der Waals surface area contributed by atoms with Crippen LogP contribution in [0.15, 0.2) is 65.1 Å². The molecule has 1 unspecified atom stereocenters. The van der Waals surface area contributed by atoms with Crippen LogP contribution in [0.4, 0.5) is 0 Å². The highest BCUT2D eigenvalue weighted by atomic mass is 32.2. The largest absolute Gasteiger partial charge is 0.423 e. The Bertz CT molecular complexity index is 893. The SMILES string of the molecule is Cc1nnc(C(NS(=O)(=O)Cc2ccccc2)c2ccccc2)o1. The minimum atomic E-state index is -3.60. The summed E-state index contributed by atoms with van der Waals surface area (Å²) in [6, 6.07) is 17.4. The molecule has 3 rings (SSSR count). The van der Waals surface area contributed by atoms with Crippen molar-refractivity contribution < 1.29 is 12.8 Å². The molecule has 24 heavy (non-hydrogen) atoms. The monoisotopic (exact) mass is 343 g/mol. The summed E-state index contributed by atoms with van der Waals surface area (Å²) in [5.41, 5.74) is 1.44. The molecule has 0 aliphatic carbocycles. The number of rotatable bonds is 6. The summed E-state index contributed by atoms with van der Waals surface area (Å²) in [7, 11) is -3.60. The standard InChI is InChI=1S/C17H17N3O3S/c1-13-18-19-17(23-13)16(15-10-6-3-7-11-15)20-24(21,22)12-14-8-4-2-5-9-14/h2-11,16,20H,12H2,1H3. The molecule has 1 atom stereocenters. The Balaban J connectivity index is 1.89. The van der Waals surface area contributed by atoms with Gasteiger partial charge < -0.3 is 4.42 Å². The molecule has 1 heterocycles. The van der Waals surface area contributed by atoms with E-state index in [1.54, 1.807) is 31.2 Å².